The van der Waals surface area contributed by atoms with Crippen molar-refractivity contribution in [2.45, 2.75) is 44.9 Å². The number of non-ortho nitro benzene ring substituents is 1. The Labute approximate surface area is 160 Å². The first-order chi connectivity index (χ1) is 12.8. The smallest absolute Gasteiger partial charge is 0.269 e. The summed E-state index contributed by atoms with van der Waals surface area (Å²) in [6, 6.07) is 15.8. The molecule has 2 atom stereocenters. The van der Waals surface area contributed by atoms with Crippen LogP contribution < -0.4 is 5.32 Å². The molecule has 2 aromatic rings. The van der Waals surface area contributed by atoms with E-state index in [2.05, 4.69) is 17.4 Å². The summed E-state index contributed by atoms with van der Waals surface area (Å²) in [5.41, 5.74) is 1.51. The average Bonchev–Trinajstić information content (AvgIpc) is 2.64. The number of aliphatic hydroxyl groups is 1. The second-order valence-electron chi connectivity index (χ2n) is 7.51. The summed E-state index contributed by atoms with van der Waals surface area (Å²) >= 11 is 0. The van der Waals surface area contributed by atoms with Crippen LogP contribution in [0.5, 0.6) is 0 Å². The van der Waals surface area contributed by atoms with Gasteiger partial charge in [0, 0.05) is 12.1 Å². The lowest BCUT2D eigenvalue weighted by molar-refractivity contribution is -0.384. The summed E-state index contributed by atoms with van der Waals surface area (Å²) in [6.45, 7) is 6.91. The fraction of sp³-hybridized carbons (Fsp3) is 0.429. The van der Waals surface area contributed by atoms with Gasteiger partial charge in [0.25, 0.3) is 5.69 Å². The summed E-state index contributed by atoms with van der Waals surface area (Å²) in [4.78, 5) is 10.4. The van der Waals surface area contributed by atoms with Crippen molar-refractivity contribution in [1.82, 2.24) is 5.32 Å². The molecule has 6 heteroatoms. The molecule has 0 radical (unpaired) electrons. The summed E-state index contributed by atoms with van der Waals surface area (Å²) in [6.07, 6.45) is 0.00348. The van der Waals surface area contributed by atoms with Gasteiger partial charge in [-0.25, -0.2) is 0 Å². The van der Waals surface area contributed by atoms with Gasteiger partial charge >= 0.3 is 0 Å². The molecular weight excluding hydrogens is 344 g/mol. The Morgan fingerprint density at radius 1 is 1.11 bits per heavy atom. The number of aliphatic hydroxyl groups excluding tert-OH is 1. The minimum Gasteiger partial charge on any atom is -0.387 e. The third-order valence-electron chi connectivity index (χ3n) is 4.19. The Hall–Kier alpha value is -2.28. The standard InChI is InChI=1S/C21H28N2O4/c1-21(2,3)27-15-19(22-14-13-16-7-5-4-6-8-16)20(24)17-9-11-18(12-10-17)23(25)26/h4-12,19-20,22,24H,13-15H2,1-3H3/t19-,20-/m0/s1. The van der Waals surface area contributed by atoms with Crippen molar-refractivity contribution in [1.29, 1.82) is 0 Å². The fourth-order valence-corrected chi connectivity index (χ4v) is 2.67. The van der Waals surface area contributed by atoms with E-state index in [0.29, 0.717) is 18.7 Å². The van der Waals surface area contributed by atoms with Crippen LogP contribution in [0.25, 0.3) is 0 Å². The molecule has 0 aliphatic heterocycles. The van der Waals surface area contributed by atoms with Crippen LogP contribution in [-0.2, 0) is 11.2 Å². The number of hydrogen-bond acceptors (Lipinski definition) is 5. The van der Waals surface area contributed by atoms with Gasteiger partial charge in [0.1, 0.15) is 0 Å². The number of ether oxygens (including phenoxy) is 1. The molecule has 27 heavy (non-hydrogen) atoms. The van der Waals surface area contributed by atoms with Gasteiger partial charge in [0.05, 0.1) is 29.3 Å². The van der Waals surface area contributed by atoms with Crippen molar-refractivity contribution in [2.75, 3.05) is 13.2 Å². The highest BCUT2D eigenvalue weighted by Crippen LogP contribution is 2.22. The molecule has 2 N–H and O–H groups in total. The first-order valence-electron chi connectivity index (χ1n) is 9.10. The Morgan fingerprint density at radius 3 is 2.30 bits per heavy atom. The van der Waals surface area contributed by atoms with Crippen molar-refractivity contribution in [3.8, 4) is 0 Å². The van der Waals surface area contributed by atoms with Crippen LogP contribution in [0, 0.1) is 10.1 Å². The number of nitro benzene ring substituents is 1. The third-order valence-corrected chi connectivity index (χ3v) is 4.19. The molecule has 0 unspecified atom stereocenters. The summed E-state index contributed by atoms with van der Waals surface area (Å²) in [7, 11) is 0. The molecule has 0 fully saturated rings. The first-order valence-corrected chi connectivity index (χ1v) is 9.10. The molecule has 2 rings (SSSR count). The molecule has 0 saturated carbocycles. The molecule has 0 spiro atoms. The van der Waals surface area contributed by atoms with Gasteiger partial charge in [0.2, 0.25) is 0 Å². The number of nitro groups is 1. The van der Waals surface area contributed by atoms with E-state index in [1.54, 1.807) is 12.1 Å². The molecule has 0 aliphatic carbocycles. The molecule has 0 aliphatic rings. The van der Waals surface area contributed by atoms with Crippen LogP contribution >= 0.6 is 0 Å². The highest BCUT2D eigenvalue weighted by atomic mass is 16.6. The van der Waals surface area contributed by atoms with Crippen molar-refractivity contribution in [2.24, 2.45) is 0 Å². The van der Waals surface area contributed by atoms with Crippen LogP contribution in [0.4, 0.5) is 5.69 Å². The quantitative estimate of drug-likeness (QED) is 0.518. The highest BCUT2D eigenvalue weighted by Gasteiger charge is 2.24. The normalized spacial score (nSPS) is 13.9. The molecule has 0 heterocycles. The lowest BCUT2D eigenvalue weighted by Crippen LogP contribution is -2.42. The van der Waals surface area contributed by atoms with E-state index in [-0.39, 0.29) is 17.3 Å². The summed E-state index contributed by atoms with van der Waals surface area (Å²) in [5, 5.41) is 25.0. The van der Waals surface area contributed by atoms with Crippen LogP contribution in [0.1, 0.15) is 38.0 Å². The summed E-state index contributed by atoms with van der Waals surface area (Å²) in [5.74, 6) is 0. The highest BCUT2D eigenvalue weighted by molar-refractivity contribution is 5.34. The molecule has 2 aromatic carbocycles. The average molecular weight is 372 g/mol. The zero-order chi connectivity index (χ0) is 19.9. The van der Waals surface area contributed by atoms with Crippen molar-refractivity contribution in [3.05, 3.63) is 75.8 Å². The minimum absolute atomic E-state index is 0.00507. The van der Waals surface area contributed by atoms with Crippen LogP contribution in [-0.4, -0.2) is 34.8 Å². The topological polar surface area (TPSA) is 84.6 Å². The van der Waals surface area contributed by atoms with Gasteiger partial charge < -0.3 is 15.2 Å². The van der Waals surface area contributed by atoms with Gasteiger partial charge in [-0.05, 0) is 57.0 Å². The lowest BCUT2D eigenvalue weighted by Gasteiger charge is -2.28. The van der Waals surface area contributed by atoms with E-state index in [9.17, 15) is 15.2 Å². The zero-order valence-corrected chi connectivity index (χ0v) is 16.1. The second kappa shape index (κ2) is 9.60. The fourth-order valence-electron chi connectivity index (χ4n) is 2.67. The maximum Gasteiger partial charge on any atom is 0.269 e. The monoisotopic (exact) mass is 372 g/mol. The minimum atomic E-state index is -0.830. The van der Waals surface area contributed by atoms with Crippen molar-refractivity contribution < 1.29 is 14.8 Å². The lowest BCUT2D eigenvalue weighted by atomic mass is 10.0. The number of hydrogen-bond donors (Lipinski definition) is 2. The van der Waals surface area contributed by atoms with E-state index >= 15 is 0 Å². The molecule has 0 aromatic heterocycles. The molecular formula is C21H28N2O4. The first kappa shape index (κ1) is 21.0. The predicted octanol–water partition coefficient (Wildman–Crippen LogP) is 3.64. The largest absolute Gasteiger partial charge is 0.387 e. The van der Waals surface area contributed by atoms with Gasteiger partial charge in [-0.1, -0.05) is 30.3 Å². The van der Waals surface area contributed by atoms with Gasteiger partial charge in [-0.2, -0.15) is 0 Å². The number of nitrogens with one attached hydrogen (secondary N) is 1. The Bertz CT molecular complexity index is 711. The molecule has 146 valence electrons. The van der Waals surface area contributed by atoms with Gasteiger partial charge in [-0.3, -0.25) is 10.1 Å². The zero-order valence-electron chi connectivity index (χ0n) is 16.1. The van der Waals surface area contributed by atoms with Crippen molar-refractivity contribution >= 4 is 5.69 Å². The maximum absolute atomic E-state index is 10.8. The SMILES string of the molecule is CC(C)(C)OC[C@H](NCCc1ccccc1)[C@@H](O)c1ccc([N+](=O)[O-])cc1. The Balaban J connectivity index is 2.04. The maximum atomic E-state index is 10.8. The van der Waals surface area contributed by atoms with Crippen LogP contribution in [0.2, 0.25) is 0 Å². The molecule has 0 amide bonds. The van der Waals surface area contributed by atoms with Gasteiger partial charge in [0.15, 0.2) is 0 Å². The third kappa shape index (κ3) is 7.09. The molecule has 6 nitrogen and oxygen atoms in total. The summed E-state index contributed by atoms with van der Waals surface area (Å²) < 4.78 is 5.87. The Morgan fingerprint density at radius 2 is 1.74 bits per heavy atom. The molecule has 0 bridgehead atoms. The van der Waals surface area contributed by atoms with E-state index in [1.165, 1.54) is 17.7 Å². The second-order valence-corrected chi connectivity index (χ2v) is 7.51. The van der Waals surface area contributed by atoms with E-state index < -0.39 is 11.0 Å². The molecule has 0 saturated heterocycles. The van der Waals surface area contributed by atoms with Crippen LogP contribution in [0.3, 0.4) is 0 Å². The van der Waals surface area contributed by atoms with Crippen LogP contribution in [0.15, 0.2) is 54.6 Å². The van der Waals surface area contributed by atoms with Crippen molar-refractivity contribution in [3.63, 3.8) is 0 Å². The number of nitrogens with zero attached hydrogens (tertiary/aromatic N) is 1. The predicted molar refractivity (Wildman–Crippen MR) is 106 cm³/mol. The van der Waals surface area contributed by atoms with E-state index in [4.69, 9.17) is 4.74 Å². The number of rotatable bonds is 9. The Kier molecular flexibility index (Phi) is 7.47. The van der Waals surface area contributed by atoms with Gasteiger partial charge in [-0.15, -0.1) is 0 Å². The van der Waals surface area contributed by atoms with E-state index in [0.717, 1.165) is 6.42 Å². The van der Waals surface area contributed by atoms with E-state index in [1.807, 2.05) is 39.0 Å². The number of benzene rings is 2.